The van der Waals surface area contributed by atoms with Crippen LogP contribution in [0, 0.1) is 18.8 Å². The van der Waals surface area contributed by atoms with Crippen LogP contribution in [0.1, 0.15) is 60.3 Å². The maximum Gasteiger partial charge on any atom is 0.219 e. The van der Waals surface area contributed by atoms with E-state index in [1.54, 1.807) is 18.3 Å². The zero-order valence-electron chi connectivity index (χ0n) is 22.8. The second kappa shape index (κ2) is 11.9. The molecule has 1 atom stereocenters. The van der Waals surface area contributed by atoms with Crippen LogP contribution in [0.15, 0.2) is 66.0 Å². The van der Waals surface area contributed by atoms with Crippen LogP contribution >= 0.6 is 11.3 Å². The fourth-order valence-corrected chi connectivity index (χ4v) is 7.86. The minimum Gasteiger partial charge on any atom is -0.489 e. The fraction of sp³-hybridized carbons (Fsp3) is 0.303. The Bertz CT molecular complexity index is 1690. The van der Waals surface area contributed by atoms with E-state index < -0.39 is 9.84 Å². The summed E-state index contributed by atoms with van der Waals surface area (Å²) in [6, 6.07) is 20.7. The molecule has 1 saturated heterocycles. The molecule has 0 unspecified atom stereocenters. The molecule has 7 heteroatoms. The van der Waals surface area contributed by atoms with Crippen molar-refractivity contribution in [1.82, 2.24) is 0 Å². The Kier molecular flexibility index (Phi) is 8.30. The highest BCUT2D eigenvalue weighted by Gasteiger charge is 2.25. The number of ether oxygens (including phenoxy) is 1. The molecule has 3 aromatic carbocycles. The first-order valence-corrected chi connectivity index (χ1v) is 16.2. The summed E-state index contributed by atoms with van der Waals surface area (Å²) in [6.45, 7) is 4.33. The minimum atomic E-state index is -2.87. The molecule has 2 heterocycles. The zero-order valence-corrected chi connectivity index (χ0v) is 24.4. The number of nitrogens with two attached hydrogens (primary N) is 1. The molecule has 4 aromatic rings. The summed E-state index contributed by atoms with van der Waals surface area (Å²) in [5.41, 5.74) is 12.3. The van der Waals surface area contributed by atoms with Crippen molar-refractivity contribution in [3.8, 4) is 28.7 Å². The van der Waals surface area contributed by atoms with Gasteiger partial charge in [0.05, 0.1) is 17.4 Å². The van der Waals surface area contributed by atoms with Crippen molar-refractivity contribution in [3.05, 3.63) is 88.3 Å². The van der Waals surface area contributed by atoms with Gasteiger partial charge in [-0.2, -0.15) is 0 Å². The first-order chi connectivity index (χ1) is 19.2. The normalized spacial score (nSPS) is 15.8. The summed E-state index contributed by atoms with van der Waals surface area (Å²) in [4.78, 5) is 11.4. The molecule has 1 amide bonds. The number of aryl methyl sites for hydroxylation is 1. The minimum absolute atomic E-state index is 0.192. The van der Waals surface area contributed by atoms with E-state index in [1.807, 2.05) is 24.3 Å². The highest BCUT2D eigenvalue weighted by molar-refractivity contribution is 7.91. The van der Waals surface area contributed by atoms with Crippen molar-refractivity contribution in [2.24, 2.45) is 5.73 Å². The number of thiophene rings is 1. The Labute approximate surface area is 240 Å². The number of primary amides is 1. The average Bonchev–Trinajstić information content (AvgIpc) is 3.35. The van der Waals surface area contributed by atoms with Gasteiger partial charge in [0, 0.05) is 22.1 Å². The fourth-order valence-electron chi connectivity index (χ4n) is 5.43. The quantitative estimate of drug-likeness (QED) is 0.238. The molecule has 0 radical (unpaired) electrons. The molecule has 1 aliphatic heterocycles. The number of sulfone groups is 1. The van der Waals surface area contributed by atoms with E-state index in [9.17, 15) is 13.2 Å². The number of rotatable bonds is 8. The molecular formula is C33H33NO4S2. The lowest BCUT2D eigenvalue weighted by atomic mass is 9.89. The van der Waals surface area contributed by atoms with E-state index in [0.717, 1.165) is 16.9 Å². The van der Waals surface area contributed by atoms with Crippen molar-refractivity contribution in [2.75, 3.05) is 11.5 Å². The number of fused-ring (bicyclic) bond motifs is 1. The van der Waals surface area contributed by atoms with Gasteiger partial charge in [0.25, 0.3) is 0 Å². The molecule has 0 spiro atoms. The predicted octanol–water partition coefficient (Wildman–Crippen LogP) is 6.73. The van der Waals surface area contributed by atoms with E-state index >= 15 is 0 Å². The Balaban J connectivity index is 1.31. The van der Waals surface area contributed by atoms with Crippen LogP contribution in [0.2, 0.25) is 0 Å². The van der Waals surface area contributed by atoms with E-state index in [-0.39, 0.29) is 29.8 Å². The Morgan fingerprint density at radius 3 is 2.48 bits per heavy atom. The Hall–Kier alpha value is -3.60. The van der Waals surface area contributed by atoms with Crippen LogP contribution in [0.5, 0.6) is 5.75 Å². The molecule has 1 aromatic heterocycles. The molecule has 0 aliphatic carbocycles. The van der Waals surface area contributed by atoms with Crippen LogP contribution in [0.4, 0.5) is 0 Å². The lowest BCUT2D eigenvalue weighted by Gasteiger charge is -2.23. The zero-order chi connectivity index (χ0) is 28.3. The SMILES string of the molecule is CC#C[C@@H](CC(N)=O)c1ccc(OCc2ccc3scc(-c4ccc(C5CCS(=O)(=O)CC5)cc4C)c3c2)cc1. The van der Waals surface area contributed by atoms with E-state index in [1.165, 1.54) is 32.3 Å². The molecule has 0 bridgehead atoms. The summed E-state index contributed by atoms with van der Waals surface area (Å²) in [6.07, 6.45) is 1.60. The number of carbonyl (C=O) groups is 1. The molecule has 1 aliphatic rings. The maximum atomic E-state index is 11.8. The van der Waals surface area contributed by atoms with Crippen LogP contribution < -0.4 is 10.5 Å². The van der Waals surface area contributed by atoms with Crippen LogP contribution in [-0.4, -0.2) is 25.8 Å². The third-order valence-corrected chi connectivity index (χ3v) is 10.3. The van der Waals surface area contributed by atoms with Crippen molar-refractivity contribution >= 4 is 37.2 Å². The summed E-state index contributed by atoms with van der Waals surface area (Å²) >= 11 is 1.73. The highest BCUT2D eigenvalue weighted by atomic mass is 32.2. The Morgan fingerprint density at radius 1 is 1.05 bits per heavy atom. The second-order valence-electron chi connectivity index (χ2n) is 10.5. The van der Waals surface area contributed by atoms with Gasteiger partial charge in [0.15, 0.2) is 0 Å². The van der Waals surface area contributed by atoms with Gasteiger partial charge in [0.2, 0.25) is 5.91 Å². The van der Waals surface area contributed by atoms with Gasteiger partial charge in [-0.3, -0.25) is 4.79 Å². The molecular weight excluding hydrogens is 539 g/mol. The topological polar surface area (TPSA) is 86.5 Å². The van der Waals surface area contributed by atoms with Gasteiger partial charge >= 0.3 is 0 Å². The first-order valence-electron chi connectivity index (χ1n) is 13.5. The van der Waals surface area contributed by atoms with Crippen LogP contribution in [0.3, 0.4) is 0 Å². The van der Waals surface area contributed by atoms with Crippen LogP contribution in [0.25, 0.3) is 21.2 Å². The standard InChI is InChI=1S/C33H33NO4S2/c1-3-4-26(19-33(34)35)24-6-9-28(10-7-24)38-20-23-5-12-32-30(18-23)31(21-39-32)29-11-8-27(17-22(29)2)25-13-15-40(36,37)16-14-25/h5-12,17-18,21,25-26H,13-16,19-20H2,1-2H3,(H2,34,35)/t26-/m0/s1. The van der Waals surface area contributed by atoms with Crippen molar-refractivity contribution in [2.45, 2.75) is 51.6 Å². The average molecular weight is 572 g/mol. The predicted molar refractivity (Wildman–Crippen MR) is 163 cm³/mol. The van der Waals surface area contributed by atoms with Gasteiger partial charge in [-0.05, 0) is 90.1 Å². The third-order valence-electron chi connectivity index (χ3n) is 7.62. The van der Waals surface area contributed by atoms with Gasteiger partial charge < -0.3 is 10.5 Å². The van der Waals surface area contributed by atoms with E-state index in [0.29, 0.717) is 25.4 Å². The van der Waals surface area contributed by atoms with E-state index in [4.69, 9.17) is 10.5 Å². The molecule has 2 N–H and O–H groups in total. The summed E-state index contributed by atoms with van der Waals surface area (Å²) < 4.78 is 31.0. The van der Waals surface area contributed by atoms with Crippen molar-refractivity contribution in [3.63, 3.8) is 0 Å². The number of hydrogen-bond donors (Lipinski definition) is 1. The first kappa shape index (κ1) is 27.9. The van der Waals surface area contributed by atoms with Gasteiger partial charge in [-0.25, -0.2) is 8.42 Å². The van der Waals surface area contributed by atoms with Gasteiger partial charge in [-0.1, -0.05) is 42.3 Å². The highest BCUT2D eigenvalue weighted by Crippen LogP contribution is 2.38. The number of benzene rings is 3. The molecule has 5 rings (SSSR count). The monoisotopic (exact) mass is 571 g/mol. The number of hydrogen-bond acceptors (Lipinski definition) is 5. The Morgan fingerprint density at radius 2 is 1.80 bits per heavy atom. The molecule has 40 heavy (non-hydrogen) atoms. The number of carbonyl (C=O) groups excluding carboxylic acids is 1. The number of amides is 1. The van der Waals surface area contributed by atoms with Crippen LogP contribution in [-0.2, 0) is 21.2 Å². The summed E-state index contributed by atoms with van der Waals surface area (Å²) in [5, 5.41) is 3.42. The summed E-state index contributed by atoms with van der Waals surface area (Å²) in [7, 11) is -2.87. The second-order valence-corrected chi connectivity index (χ2v) is 13.7. The lowest BCUT2D eigenvalue weighted by Crippen LogP contribution is -2.22. The van der Waals surface area contributed by atoms with E-state index in [2.05, 4.69) is 60.5 Å². The summed E-state index contributed by atoms with van der Waals surface area (Å²) in [5.74, 6) is 6.97. The van der Waals surface area contributed by atoms with Gasteiger partial charge in [-0.15, -0.1) is 17.3 Å². The van der Waals surface area contributed by atoms with Crippen molar-refractivity contribution < 1.29 is 17.9 Å². The lowest BCUT2D eigenvalue weighted by molar-refractivity contribution is -0.118. The third kappa shape index (κ3) is 6.41. The maximum absolute atomic E-state index is 11.8. The largest absolute Gasteiger partial charge is 0.489 e. The molecule has 0 saturated carbocycles. The molecule has 206 valence electrons. The molecule has 1 fully saturated rings. The molecule has 5 nitrogen and oxygen atoms in total. The van der Waals surface area contributed by atoms with Crippen molar-refractivity contribution in [1.29, 1.82) is 0 Å². The van der Waals surface area contributed by atoms with Gasteiger partial charge in [0.1, 0.15) is 22.2 Å². The smallest absolute Gasteiger partial charge is 0.219 e.